The molecule has 0 bridgehead atoms. The lowest BCUT2D eigenvalue weighted by atomic mass is 10.1. The molecule has 1 rings (SSSR count). The minimum atomic E-state index is 0.0695. The first-order valence-corrected chi connectivity index (χ1v) is 5.28. The van der Waals surface area contributed by atoms with E-state index in [0.717, 1.165) is 30.2 Å². The van der Waals surface area contributed by atoms with Crippen LogP contribution < -0.4 is 5.73 Å². The van der Waals surface area contributed by atoms with E-state index in [9.17, 15) is 0 Å². The van der Waals surface area contributed by atoms with Gasteiger partial charge >= 0.3 is 0 Å². The normalized spacial score (nSPS) is 13.2. The zero-order valence-electron chi connectivity index (χ0n) is 8.12. The van der Waals surface area contributed by atoms with Crippen LogP contribution in [0.3, 0.4) is 0 Å². The Balaban J connectivity index is 2.35. The van der Waals surface area contributed by atoms with Crippen molar-refractivity contribution in [3.05, 3.63) is 16.1 Å². The van der Waals surface area contributed by atoms with Gasteiger partial charge in [0.25, 0.3) is 0 Å². The third-order valence-corrected chi connectivity index (χ3v) is 2.67. The molecule has 4 heteroatoms. The molecule has 0 radical (unpaired) electrons. The van der Waals surface area contributed by atoms with Crippen LogP contribution in [0, 0.1) is 6.92 Å². The molecule has 13 heavy (non-hydrogen) atoms. The second kappa shape index (κ2) is 5.32. The van der Waals surface area contributed by atoms with E-state index in [-0.39, 0.29) is 6.04 Å². The Morgan fingerprint density at radius 1 is 1.69 bits per heavy atom. The number of nitrogens with two attached hydrogens (primary N) is 1. The smallest absolute Gasteiger partial charge is 0.0898 e. The Hall–Kier alpha value is -0.450. The van der Waals surface area contributed by atoms with Gasteiger partial charge in [-0.05, 0) is 19.8 Å². The van der Waals surface area contributed by atoms with E-state index in [2.05, 4.69) is 4.98 Å². The lowest BCUT2D eigenvalue weighted by Gasteiger charge is -2.07. The molecule has 0 aromatic carbocycles. The first kappa shape index (κ1) is 10.6. The Bertz CT molecular complexity index is 250. The zero-order chi connectivity index (χ0) is 9.68. The lowest BCUT2D eigenvalue weighted by molar-refractivity contribution is 0.190. The zero-order valence-corrected chi connectivity index (χ0v) is 8.93. The highest BCUT2D eigenvalue weighted by Crippen LogP contribution is 2.17. The van der Waals surface area contributed by atoms with E-state index < -0.39 is 0 Å². The van der Waals surface area contributed by atoms with Gasteiger partial charge in [-0.2, -0.15) is 0 Å². The van der Waals surface area contributed by atoms with Crippen LogP contribution in [-0.2, 0) is 4.74 Å². The number of hydrogen-bond acceptors (Lipinski definition) is 4. The van der Waals surface area contributed by atoms with E-state index in [1.54, 1.807) is 18.4 Å². The van der Waals surface area contributed by atoms with Gasteiger partial charge in [-0.25, -0.2) is 4.98 Å². The highest BCUT2D eigenvalue weighted by atomic mass is 32.1. The summed E-state index contributed by atoms with van der Waals surface area (Å²) in [6.45, 7) is 2.77. The maximum atomic E-state index is 5.94. The molecule has 0 aliphatic heterocycles. The highest BCUT2D eigenvalue weighted by molar-refractivity contribution is 7.09. The molecular formula is C9H16N2OS. The third kappa shape index (κ3) is 3.42. The monoisotopic (exact) mass is 200 g/mol. The van der Waals surface area contributed by atoms with Crippen LogP contribution >= 0.6 is 11.3 Å². The quantitative estimate of drug-likeness (QED) is 0.738. The second-order valence-electron chi connectivity index (χ2n) is 3.03. The van der Waals surface area contributed by atoms with Gasteiger partial charge in [0.15, 0.2) is 0 Å². The molecule has 1 unspecified atom stereocenters. The number of rotatable bonds is 5. The van der Waals surface area contributed by atoms with E-state index in [1.165, 1.54) is 0 Å². The summed E-state index contributed by atoms with van der Waals surface area (Å²) < 4.78 is 4.96. The van der Waals surface area contributed by atoms with Crippen molar-refractivity contribution >= 4 is 11.3 Å². The van der Waals surface area contributed by atoms with Crippen molar-refractivity contribution in [1.29, 1.82) is 0 Å². The molecule has 1 heterocycles. The molecule has 1 aromatic heterocycles. The van der Waals surface area contributed by atoms with Crippen molar-refractivity contribution in [1.82, 2.24) is 4.98 Å². The first-order valence-electron chi connectivity index (χ1n) is 4.40. The van der Waals surface area contributed by atoms with Gasteiger partial charge in [0.05, 0.1) is 10.7 Å². The van der Waals surface area contributed by atoms with Crippen LogP contribution in [-0.4, -0.2) is 18.7 Å². The molecule has 1 aromatic rings. The number of ether oxygens (including phenoxy) is 1. The topological polar surface area (TPSA) is 48.1 Å². The van der Waals surface area contributed by atoms with Crippen LogP contribution in [0.15, 0.2) is 5.38 Å². The molecular weight excluding hydrogens is 184 g/mol. The van der Waals surface area contributed by atoms with Gasteiger partial charge in [0.1, 0.15) is 0 Å². The van der Waals surface area contributed by atoms with Crippen molar-refractivity contribution in [3.8, 4) is 0 Å². The summed E-state index contributed by atoms with van der Waals surface area (Å²) in [6, 6.07) is 0.0695. The lowest BCUT2D eigenvalue weighted by Crippen LogP contribution is -2.11. The van der Waals surface area contributed by atoms with Crippen molar-refractivity contribution in [2.75, 3.05) is 13.7 Å². The minimum Gasteiger partial charge on any atom is -0.385 e. The molecule has 0 saturated heterocycles. The SMILES string of the molecule is COCCCC(N)c1csc(C)n1. The van der Waals surface area contributed by atoms with Crippen molar-refractivity contribution in [2.45, 2.75) is 25.8 Å². The molecule has 74 valence electrons. The van der Waals surface area contributed by atoms with Gasteiger partial charge in [0, 0.05) is 25.1 Å². The fourth-order valence-corrected chi connectivity index (χ4v) is 1.82. The molecule has 3 nitrogen and oxygen atoms in total. The van der Waals surface area contributed by atoms with E-state index in [1.807, 2.05) is 12.3 Å². The van der Waals surface area contributed by atoms with Gasteiger partial charge in [0.2, 0.25) is 0 Å². The maximum Gasteiger partial charge on any atom is 0.0898 e. The minimum absolute atomic E-state index is 0.0695. The first-order chi connectivity index (χ1) is 6.24. The fourth-order valence-electron chi connectivity index (χ4n) is 1.15. The summed E-state index contributed by atoms with van der Waals surface area (Å²) in [5, 5.41) is 3.12. The average molecular weight is 200 g/mol. The Morgan fingerprint density at radius 2 is 2.46 bits per heavy atom. The fraction of sp³-hybridized carbons (Fsp3) is 0.667. The number of hydrogen-bond donors (Lipinski definition) is 1. The molecule has 0 fully saturated rings. The van der Waals surface area contributed by atoms with Gasteiger partial charge in [-0.1, -0.05) is 0 Å². The van der Waals surface area contributed by atoms with E-state index in [0.29, 0.717) is 0 Å². The molecule has 0 saturated carbocycles. The number of aryl methyl sites for hydroxylation is 1. The van der Waals surface area contributed by atoms with Crippen LogP contribution in [0.2, 0.25) is 0 Å². The number of nitrogens with zero attached hydrogens (tertiary/aromatic N) is 1. The Kier molecular flexibility index (Phi) is 4.35. The molecule has 2 N–H and O–H groups in total. The summed E-state index contributed by atoms with van der Waals surface area (Å²) in [7, 11) is 1.71. The van der Waals surface area contributed by atoms with E-state index >= 15 is 0 Å². The predicted octanol–water partition coefficient (Wildman–Crippen LogP) is 1.88. The van der Waals surface area contributed by atoms with Crippen molar-refractivity contribution in [2.24, 2.45) is 5.73 Å². The molecule has 1 atom stereocenters. The molecule has 0 aliphatic rings. The average Bonchev–Trinajstić information content (AvgIpc) is 2.52. The summed E-state index contributed by atoms with van der Waals surface area (Å²) in [6.07, 6.45) is 1.94. The van der Waals surface area contributed by atoms with Gasteiger partial charge in [-0.3, -0.25) is 0 Å². The van der Waals surface area contributed by atoms with Crippen LogP contribution in [0.1, 0.15) is 29.6 Å². The summed E-state index contributed by atoms with van der Waals surface area (Å²) in [5.41, 5.74) is 6.95. The summed E-state index contributed by atoms with van der Waals surface area (Å²) >= 11 is 1.65. The number of aromatic nitrogens is 1. The maximum absolute atomic E-state index is 5.94. The predicted molar refractivity (Wildman–Crippen MR) is 54.9 cm³/mol. The molecule has 0 aliphatic carbocycles. The summed E-state index contributed by atoms with van der Waals surface area (Å²) in [4.78, 5) is 4.34. The van der Waals surface area contributed by atoms with Crippen molar-refractivity contribution < 1.29 is 4.74 Å². The molecule has 0 amide bonds. The summed E-state index contributed by atoms with van der Waals surface area (Å²) in [5.74, 6) is 0. The Labute approximate surface area is 82.9 Å². The highest BCUT2D eigenvalue weighted by Gasteiger charge is 2.08. The second-order valence-corrected chi connectivity index (χ2v) is 4.10. The van der Waals surface area contributed by atoms with Gasteiger partial charge < -0.3 is 10.5 Å². The third-order valence-electron chi connectivity index (χ3n) is 1.88. The van der Waals surface area contributed by atoms with Crippen LogP contribution in [0.5, 0.6) is 0 Å². The number of thiazole rings is 1. The largest absolute Gasteiger partial charge is 0.385 e. The number of methoxy groups -OCH3 is 1. The standard InChI is InChI=1S/C9H16N2OS/c1-7-11-9(6-13-7)8(10)4-3-5-12-2/h6,8H,3-5,10H2,1-2H3. The van der Waals surface area contributed by atoms with Gasteiger partial charge in [-0.15, -0.1) is 11.3 Å². The Morgan fingerprint density at radius 3 is 3.00 bits per heavy atom. The van der Waals surface area contributed by atoms with Crippen molar-refractivity contribution in [3.63, 3.8) is 0 Å². The van der Waals surface area contributed by atoms with Crippen LogP contribution in [0.4, 0.5) is 0 Å². The van der Waals surface area contributed by atoms with E-state index in [4.69, 9.17) is 10.5 Å². The molecule has 0 spiro atoms. The van der Waals surface area contributed by atoms with Crippen LogP contribution in [0.25, 0.3) is 0 Å².